The summed E-state index contributed by atoms with van der Waals surface area (Å²) in [7, 11) is 0. The predicted octanol–water partition coefficient (Wildman–Crippen LogP) is 3.00. The Labute approximate surface area is 130 Å². The van der Waals surface area contributed by atoms with E-state index in [4.69, 9.17) is 5.73 Å². The molecule has 2 N–H and O–H groups in total. The minimum atomic E-state index is 0. The number of hydrogen-bond donors (Lipinski definition) is 1. The minimum Gasteiger partial charge on any atom is -0.336 e. The molecule has 1 amide bonds. The lowest BCUT2D eigenvalue weighted by atomic mass is 9.93. The summed E-state index contributed by atoms with van der Waals surface area (Å²) < 4.78 is 0. The molecule has 3 nitrogen and oxygen atoms in total. The number of carbonyl (C=O) groups is 1. The molecular formula is C15H23ClN2OS. The van der Waals surface area contributed by atoms with Crippen molar-refractivity contribution in [3.63, 3.8) is 0 Å². The number of rotatable bonds is 1. The Kier molecular flexibility index (Phi) is 5.47. The van der Waals surface area contributed by atoms with Crippen LogP contribution >= 0.6 is 23.7 Å². The van der Waals surface area contributed by atoms with Gasteiger partial charge < -0.3 is 10.6 Å². The molecule has 0 aromatic carbocycles. The van der Waals surface area contributed by atoms with Gasteiger partial charge in [-0.2, -0.15) is 0 Å². The van der Waals surface area contributed by atoms with Crippen LogP contribution in [0.2, 0.25) is 0 Å². The lowest BCUT2D eigenvalue weighted by molar-refractivity contribution is 0.0758. The molecule has 1 aliphatic carbocycles. The molecule has 1 saturated heterocycles. The van der Waals surface area contributed by atoms with Crippen molar-refractivity contribution in [1.29, 1.82) is 0 Å². The summed E-state index contributed by atoms with van der Waals surface area (Å²) in [5.41, 5.74) is 8.81. The Balaban J connectivity index is 0.00000147. The van der Waals surface area contributed by atoms with E-state index < -0.39 is 0 Å². The Morgan fingerprint density at radius 2 is 2.05 bits per heavy atom. The van der Waals surface area contributed by atoms with Crippen molar-refractivity contribution in [2.75, 3.05) is 13.1 Å². The lowest BCUT2D eigenvalue weighted by Crippen LogP contribution is -2.39. The fourth-order valence-electron chi connectivity index (χ4n) is 3.20. The lowest BCUT2D eigenvalue weighted by Gasteiger charge is -2.23. The smallest absolute Gasteiger partial charge is 0.264 e. The SMILES string of the molecule is Cl.NC1CCCCN(C(=O)c2scc3c2CCCC3)C1. The summed E-state index contributed by atoms with van der Waals surface area (Å²) in [6.07, 6.45) is 8.01. The largest absolute Gasteiger partial charge is 0.336 e. The van der Waals surface area contributed by atoms with Crippen LogP contribution in [0.15, 0.2) is 5.38 Å². The second-order valence-electron chi connectivity index (χ2n) is 5.78. The maximum absolute atomic E-state index is 12.7. The van der Waals surface area contributed by atoms with Gasteiger partial charge in [0.15, 0.2) is 0 Å². The highest BCUT2D eigenvalue weighted by atomic mass is 35.5. The average Bonchev–Trinajstić information content (AvgIpc) is 2.73. The molecule has 1 fully saturated rings. The number of halogens is 1. The predicted molar refractivity (Wildman–Crippen MR) is 85.9 cm³/mol. The summed E-state index contributed by atoms with van der Waals surface area (Å²) >= 11 is 1.64. The van der Waals surface area contributed by atoms with Crippen LogP contribution in [0.25, 0.3) is 0 Å². The fourth-order valence-corrected chi connectivity index (χ4v) is 4.33. The van der Waals surface area contributed by atoms with Crippen LogP contribution in [0.5, 0.6) is 0 Å². The first-order valence-corrected chi connectivity index (χ1v) is 8.28. The fraction of sp³-hybridized carbons (Fsp3) is 0.667. The summed E-state index contributed by atoms with van der Waals surface area (Å²) in [6, 6.07) is 0.155. The maximum atomic E-state index is 12.7. The van der Waals surface area contributed by atoms with E-state index in [0.717, 1.165) is 50.1 Å². The zero-order chi connectivity index (χ0) is 13.2. The standard InChI is InChI=1S/C15H22N2OS.ClH/c16-12-6-3-4-8-17(9-12)15(18)14-13-7-2-1-5-11(13)10-19-14;/h10,12H,1-9,16H2;1H. The second kappa shape index (κ2) is 6.92. The van der Waals surface area contributed by atoms with E-state index in [2.05, 4.69) is 5.38 Å². The van der Waals surface area contributed by atoms with Gasteiger partial charge in [0.05, 0.1) is 4.88 Å². The number of aryl methyl sites for hydroxylation is 1. The Hall–Kier alpha value is -0.580. The third kappa shape index (κ3) is 3.18. The number of hydrogen-bond acceptors (Lipinski definition) is 3. The van der Waals surface area contributed by atoms with E-state index in [1.165, 1.54) is 24.0 Å². The number of fused-ring (bicyclic) bond motifs is 1. The van der Waals surface area contributed by atoms with Gasteiger partial charge >= 0.3 is 0 Å². The summed E-state index contributed by atoms with van der Waals surface area (Å²) in [5.74, 6) is 0.227. The van der Waals surface area contributed by atoms with Gasteiger partial charge in [0.1, 0.15) is 0 Å². The van der Waals surface area contributed by atoms with Crippen LogP contribution in [0.3, 0.4) is 0 Å². The van der Waals surface area contributed by atoms with Crippen LogP contribution in [-0.4, -0.2) is 29.9 Å². The van der Waals surface area contributed by atoms with Crippen LogP contribution < -0.4 is 5.73 Å². The average molecular weight is 315 g/mol. The normalized spacial score (nSPS) is 22.6. The Morgan fingerprint density at radius 3 is 2.90 bits per heavy atom. The van der Waals surface area contributed by atoms with E-state index in [9.17, 15) is 4.79 Å². The van der Waals surface area contributed by atoms with Crippen molar-refractivity contribution in [2.24, 2.45) is 5.73 Å². The van der Waals surface area contributed by atoms with Crippen LogP contribution in [0.1, 0.15) is 52.9 Å². The summed E-state index contributed by atoms with van der Waals surface area (Å²) in [6.45, 7) is 1.60. The number of thiophene rings is 1. The highest BCUT2D eigenvalue weighted by Gasteiger charge is 2.26. The molecule has 2 aliphatic rings. The molecule has 1 unspecified atom stereocenters. The van der Waals surface area contributed by atoms with E-state index in [1.54, 1.807) is 11.3 Å². The first-order chi connectivity index (χ1) is 9.25. The van der Waals surface area contributed by atoms with Gasteiger partial charge in [0, 0.05) is 19.1 Å². The zero-order valence-electron chi connectivity index (χ0n) is 11.8. The van der Waals surface area contributed by atoms with E-state index in [-0.39, 0.29) is 24.4 Å². The number of amides is 1. The van der Waals surface area contributed by atoms with Crippen LogP contribution in [0, 0.1) is 0 Å². The minimum absolute atomic E-state index is 0. The number of likely N-dealkylation sites (tertiary alicyclic amines) is 1. The van der Waals surface area contributed by atoms with Gasteiger partial charge in [0.25, 0.3) is 5.91 Å². The maximum Gasteiger partial charge on any atom is 0.264 e. The summed E-state index contributed by atoms with van der Waals surface area (Å²) in [4.78, 5) is 15.7. The van der Waals surface area contributed by atoms with Crippen LogP contribution in [0.4, 0.5) is 0 Å². The molecule has 1 aromatic rings. The molecule has 1 aliphatic heterocycles. The molecular weight excluding hydrogens is 292 g/mol. The number of nitrogens with zero attached hydrogens (tertiary/aromatic N) is 1. The van der Waals surface area contributed by atoms with E-state index in [1.807, 2.05) is 4.90 Å². The van der Waals surface area contributed by atoms with Crippen molar-refractivity contribution in [2.45, 2.75) is 51.0 Å². The Morgan fingerprint density at radius 1 is 1.25 bits per heavy atom. The molecule has 112 valence electrons. The highest BCUT2D eigenvalue weighted by molar-refractivity contribution is 7.12. The summed E-state index contributed by atoms with van der Waals surface area (Å²) in [5, 5.41) is 2.19. The molecule has 2 heterocycles. The molecule has 20 heavy (non-hydrogen) atoms. The molecule has 5 heteroatoms. The van der Waals surface area contributed by atoms with Crippen molar-refractivity contribution >= 4 is 29.7 Å². The quantitative estimate of drug-likeness (QED) is 0.866. The first kappa shape index (κ1) is 15.8. The molecule has 1 aromatic heterocycles. The highest BCUT2D eigenvalue weighted by Crippen LogP contribution is 2.31. The molecule has 0 bridgehead atoms. The molecule has 0 saturated carbocycles. The van der Waals surface area contributed by atoms with Crippen molar-refractivity contribution in [1.82, 2.24) is 4.90 Å². The Bertz CT molecular complexity index is 474. The van der Waals surface area contributed by atoms with E-state index >= 15 is 0 Å². The molecule has 3 rings (SSSR count). The first-order valence-electron chi connectivity index (χ1n) is 7.40. The third-order valence-corrected chi connectivity index (χ3v) is 5.35. The molecule has 0 spiro atoms. The second-order valence-corrected chi connectivity index (χ2v) is 6.66. The van der Waals surface area contributed by atoms with Crippen LogP contribution in [-0.2, 0) is 12.8 Å². The molecule has 0 radical (unpaired) electrons. The van der Waals surface area contributed by atoms with Gasteiger partial charge in [0.2, 0.25) is 0 Å². The molecule has 1 atom stereocenters. The monoisotopic (exact) mass is 314 g/mol. The van der Waals surface area contributed by atoms with Gasteiger partial charge in [-0.25, -0.2) is 0 Å². The topological polar surface area (TPSA) is 46.3 Å². The van der Waals surface area contributed by atoms with Gasteiger partial charge in [-0.15, -0.1) is 23.7 Å². The van der Waals surface area contributed by atoms with Crippen molar-refractivity contribution < 1.29 is 4.79 Å². The number of carbonyl (C=O) groups excluding carboxylic acids is 1. The van der Waals surface area contributed by atoms with Crippen molar-refractivity contribution in [3.05, 3.63) is 21.4 Å². The van der Waals surface area contributed by atoms with Gasteiger partial charge in [-0.3, -0.25) is 4.79 Å². The van der Waals surface area contributed by atoms with Gasteiger partial charge in [-0.05, 0) is 55.0 Å². The van der Waals surface area contributed by atoms with Gasteiger partial charge in [-0.1, -0.05) is 6.42 Å². The zero-order valence-corrected chi connectivity index (χ0v) is 13.4. The van der Waals surface area contributed by atoms with Crippen molar-refractivity contribution in [3.8, 4) is 0 Å². The van der Waals surface area contributed by atoms with E-state index in [0.29, 0.717) is 0 Å². The number of nitrogens with two attached hydrogens (primary N) is 1. The third-order valence-electron chi connectivity index (χ3n) is 4.29.